The van der Waals surface area contributed by atoms with Crippen LogP contribution in [0.2, 0.25) is 0 Å². The lowest BCUT2D eigenvalue weighted by Gasteiger charge is -2.06. The average Bonchev–Trinajstić information content (AvgIpc) is 2.55. The van der Waals surface area contributed by atoms with E-state index in [4.69, 9.17) is 14.6 Å². The summed E-state index contributed by atoms with van der Waals surface area (Å²) in [5.41, 5.74) is 1.44. The summed E-state index contributed by atoms with van der Waals surface area (Å²) in [7, 11) is 0. The van der Waals surface area contributed by atoms with Gasteiger partial charge in [0.2, 0.25) is 0 Å². The molecule has 0 amide bonds. The van der Waals surface area contributed by atoms with Crippen LogP contribution < -0.4 is 4.74 Å². The number of hydrogen-bond acceptors (Lipinski definition) is 5. The maximum atomic E-state index is 9.65. The molecular formula is C17H19NO4. The third-order valence-electron chi connectivity index (χ3n) is 2.86. The molecule has 0 fully saturated rings. The van der Waals surface area contributed by atoms with Crippen LogP contribution in [0.5, 0.6) is 11.5 Å². The Kier molecular flexibility index (Phi) is 6.41. The maximum Gasteiger partial charge on any atom is 0.124 e. The maximum absolute atomic E-state index is 9.65. The van der Waals surface area contributed by atoms with Crippen molar-refractivity contribution in [2.45, 2.75) is 0 Å². The Hall–Kier alpha value is -2.37. The number of hydrogen-bond donors (Lipinski definition) is 2. The Morgan fingerprint density at radius 1 is 0.955 bits per heavy atom. The minimum atomic E-state index is 0.0175. The Morgan fingerprint density at radius 2 is 1.73 bits per heavy atom. The van der Waals surface area contributed by atoms with E-state index in [9.17, 15) is 5.11 Å². The third-order valence-corrected chi connectivity index (χ3v) is 2.86. The van der Waals surface area contributed by atoms with Crippen molar-refractivity contribution in [3.8, 4) is 11.5 Å². The summed E-state index contributed by atoms with van der Waals surface area (Å²) in [4.78, 5) is 4.31. The molecule has 0 unspecified atom stereocenters. The molecule has 2 aromatic carbocycles. The van der Waals surface area contributed by atoms with E-state index in [0.717, 1.165) is 11.4 Å². The first kappa shape index (κ1) is 16.0. The summed E-state index contributed by atoms with van der Waals surface area (Å²) >= 11 is 0. The van der Waals surface area contributed by atoms with Crippen molar-refractivity contribution in [3.05, 3.63) is 54.1 Å². The molecule has 0 bridgehead atoms. The summed E-state index contributed by atoms with van der Waals surface area (Å²) in [5.74, 6) is 0.934. The molecule has 0 spiro atoms. The van der Waals surface area contributed by atoms with Gasteiger partial charge in [-0.15, -0.1) is 0 Å². The largest absolute Gasteiger partial charge is 0.507 e. The number of benzene rings is 2. The van der Waals surface area contributed by atoms with E-state index in [1.54, 1.807) is 24.4 Å². The van der Waals surface area contributed by atoms with Crippen molar-refractivity contribution in [1.82, 2.24) is 0 Å². The number of aliphatic hydroxyl groups is 1. The van der Waals surface area contributed by atoms with Crippen LogP contribution in [0.3, 0.4) is 0 Å². The summed E-state index contributed by atoms with van der Waals surface area (Å²) < 4.78 is 10.6. The molecule has 0 aliphatic heterocycles. The number of rotatable bonds is 8. The lowest BCUT2D eigenvalue weighted by molar-refractivity contribution is 0.0705. The fraction of sp³-hybridized carbons (Fsp3) is 0.235. The smallest absolute Gasteiger partial charge is 0.124 e. The van der Waals surface area contributed by atoms with Crippen molar-refractivity contribution in [3.63, 3.8) is 0 Å². The van der Waals surface area contributed by atoms with Crippen molar-refractivity contribution >= 4 is 11.9 Å². The molecule has 5 heteroatoms. The molecular weight excluding hydrogens is 282 g/mol. The molecule has 2 rings (SSSR count). The van der Waals surface area contributed by atoms with Crippen LogP contribution in [0.1, 0.15) is 5.56 Å². The van der Waals surface area contributed by atoms with Crippen molar-refractivity contribution in [2.24, 2.45) is 4.99 Å². The zero-order valence-electron chi connectivity index (χ0n) is 12.2. The molecule has 116 valence electrons. The van der Waals surface area contributed by atoms with Gasteiger partial charge in [0.1, 0.15) is 18.1 Å². The highest BCUT2D eigenvalue weighted by atomic mass is 16.5. The number of aliphatic imine (C=N–C) groups is 1. The van der Waals surface area contributed by atoms with Crippen LogP contribution in [-0.4, -0.2) is 42.9 Å². The van der Waals surface area contributed by atoms with Gasteiger partial charge in [0.15, 0.2) is 0 Å². The van der Waals surface area contributed by atoms with Crippen LogP contribution in [0.4, 0.5) is 5.69 Å². The van der Waals surface area contributed by atoms with E-state index in [2.05, 4.69) is 4.99 Å². The quantitative estimate of drug-likeness (QED) is 0.580. The highest BCUT2D eigenvalue weighted by Gasteiger charge is 1.97. The van der Waals surface area contributed by atoms with E-state index in [0.29, 0.717) is 25.4 Å². The topological polar surface area (TPSA) is 71.3 Å². The van der Waals surface area contributed by atoms with Gasteiger partial charge in [-0.05, 0) is 36.4 Å². The molecule has 0 atom stereocenters. The zero-order valence-corrected chi connectivity index (χ0v) is 12.2. The van der Waals surface area contributed by atoms with Gasteiger partial charge in [-0.25, -0.2) is 0 Å². The number of aromatic hydroxyl groups is 1. The van der Waals surface area contributed by atoms with E-state index in [1.165, 1.54) is 0 Å². The molecule has 5 nitrogen and oxygen atoms in total. The first-order valence-electron chi connectivity index (χ1n) is 7.03. The van der Waals surface area contributed by atoms with Crippen LogP contribution in [0, 0.1) is 0 Å². The van der Waals surface area contributed by atoms with Gasteiger partial charge in [0.05, 0.1) is 25.5 Å². The molecule has 2 N–H and O–H groups in total. The number of aliphatic hydroxyl groups excluding tert-OH is 1. The van der Waals surface area contributed by atoms with Crippen LogP contribution in [0.15, 0.2) is 53.5 Å². The lowest BCUT2D eigenvalue weighted by atomic mass is 10.2. The minimum Gasteiger partial charge on any atom is -0.507 e. The monoisotopic (exact) mass is 301 g/mol. The predicted octanol–water partition coefficient (Wildman–Crippen LogP) is 2.53. The van der Waals surface area contributed by atoms with E-state index in [1.807, 2.05) is 30.3 Å². The van der Waals surface area contributed by atoms with Crippen molar-refractivity contribution < 1.29 is 19.7 Å². The summed E-state index contributed by atoms with van der Waals surface area (Å²) in [6.45, 7) is 1.21. The molecule has 0 aliphatic carbocycles. The third kappa shape index (κ3) is 5.20. The summed E-state index contributed by atoms with van der Waals surface area (Å²) in [6, 6.07) is 14.3. The molecule has 0 radical (unpaired) electrons. The van der Waals surface area contributed by atoms with Crippen LogP contribution in [0.25, 0.3) is 0 Å². The fourth-order valence-electron chi connectivity index (χ4n) is 1.75. The molecule has 0 aromatic heterocycles. The predicted molar refractivity (Wildman–Crippen MR) is 85.2 cm³/mol. The molecule has 0 heterocycles. The molecule has 2 aromatic rings. The second-order valence-electron chi connectivity index (χ2n) is 4.50. The number of ether oxygens (including phenoxy) is 2. The molecule has 22 heavy (non-hydrogen) atoms. The lowest BCUT2D eigenvalue weighted by Crippen LogP contribution is -2.08. The number of phenols is 1. The fourth-order valence-corrected chi connectivity index (χ4v) is 1.75. The van der Waals surface area contributed by atoms with Gasteiger partial charge in [-0.2, -0.15) is 0 Å². The SMILES string of the molecule is OCCOCCOc1ccc(N=Cc2ccccc2O)cc1. The molecule has 0 aliphatic rings. The molecule has 0 saturated carbocycles. The first-order chi connectivity index (χ1) is 10.8. The standard InChI is InChI=1S/C17H19NO4/c19-9-10-21-11-12-22-16-7-5-15(6-8-16)18-13-14-3-1-2-4-17(14)20/h1-8,13,19-20H,9-12H2. The van der Waals surface area contributed by atoms with Crippen LogP contribution >= 0.6 is 0 Å². The highest BCUT2D eigenvalue weighted by Crippen LogP contribution is 2.19. The van der Waals surface area contributed by atoms with Crippen molar-refractivity contribution in [2.75, 3.05) is 26.4 Å². The van der Waals surface area contributed by atoms with Crippen LogP contribution in [-0.2, 0) is 4.74 Å². The first-order valence-corrected chi connectivity index (χ1v) is 7.03. The second kappa shape index (κ2) is 8.81. The van der Waals surface area contributed by atoms with Crippen molar-refractivity contribution in [1.29, 1.82) is 0 Å². The summed E-state index contributed by atoms with van der Waals surface area (Å²) in [6.07, 6.45) is 1.62. The minimum absolute atomic E-state index is 0.0175. The van der Waals surface area contributed by atoms with Gasteiger partial charge >= 0.3 is 0 Å². The molecule has 0 saturated heterocycles. The Labute approximate surface area is 129 Å². The Morgan fingerprint density at radius 3 is 2.45 bits per heavy atom. The Balaban J connectivity index is 1.85. The average molecular weight is 301 g/mol. The number of para-hydroxylation sites is 1. The zero-order chi connectivity index (χ0) is 15.6. The highest BCUT2D eigenvalue weighted by molar-refractivity contribution is 5.85. The van der Waals surface area contributed by atoms with Gasteiger partial charge in [0, 0.05) is 11.8 Å². The van der Waals surface area contributed by atoms with Gasteiger partial charge in [-0.1, -0.05) is 12.1 Å². The van der Waals surface area contributed by atoms with Gasteiger partial charge in [-0.3, -0.25) is 4.99 Å². The van der Waals surface area contributed by atoms with E-state index in [-0.39, 0.29) is 12.4 Å². The van der Waals surface area contributed by atoms with E-state index >= 15 is 0 Å². The van der Waals surface area contributed by atoms with Gasteiger partial charge in [0.25, 0.3) is 0 Å². The Bertz CT molecular complexity index is 596. The number of nitrogens with zero attached hydrogens (tertiary/aromatic N) is 1. The summed E-state index contributed by atoms with van der Waals surface area (Å²) in [5, 5.41) is 18.2. The van der Waals surface area contributed by atoms with E-state index < -0.39 is 0 Å². The van der Waals surface area contributed by atoms with Gasteiger partial charge < -0.3 is 19.7 Å². The number of phenolic OH excluding ortho intramolecular Hbond substituents is 1. The normalized spacial score (nSPS) is 11.0. The second-order valence-corrected chi connectivity index (χ2v) is 4.50.